The second-order valence-corrected chi connectivity index (χ2v) is 6.43. The minimum absolute atomic E-state index is 0. The third kappa shape index (κ3) is 11.6. The van der Waals surface area contributed by atoms with Gasteiger partial charge in [-0.05, 0) is 12.8 Å². The van der Waals surface area contributed by atoms with Gasteiger partial charge in [0.2, 0.25) is 0 Å². The van der Waals surface area contributed by atoms with Crippen LogP contribution in [0.4, 0.5) is 26.3 Å². The van der Waals surface area contributed by atoms with Crippen LogP contribution in [0.3, 0.4) is 0 Å². The predicted octanol–water partition coefficient (Wildman–Crippen LogP) is 0.146. The summed E-state index contributed by atoms with van der Waals surface area (Å²) < 4.78 is 109. The van der Waals surface area contributed by atoms with Crippen molar-refractivity contribution in [2.24, 2.45) is 0 Å². The van der Waals surface area contributed by atoms with Gasteiger partial charge in [0.05, 0.1) is 22.5 Å². The Hall–Kier alpha value is 0.490. The van der Waals surface area contributed by atoms with Gasteiger partial charge in [-0.3, -0.25) is 4.39 Å². The first-order valence-electron chi connectivity index (χ1n) is 6.80. The number of unbranched alkanes of at least 4 members (excludes halogenated alkanes) is 3. The molecule has 23 heavy (non-hydrogen) atoms. The molecular formula is C12H19F6NaO3S. The van der Waals surface area contributed by atoms with Crippen LogP contribution in [0.15, 0.2) is 0 Å². The number of alkyl halides is 6. The van der Waals surface area contributed by atoms with Crippen LogP contribution < -0.4 is 29.6 Å². The van der Waals surface area contributed by atoms with Gasteiger partial charge in [0.25, 0.3) is 0 Å². The molecule has 3 nitrogen and oxygen atoms in total. The molecule has 0 bridgehead atoms. The Balaban J connectivity index is 0. The molecule has 0 rings (SSSR count). The molecule has 0 saturated heterocycles. The normalized spacial score (nSPS) is 18.6. The van der Waals surface area contributed by atoms with Gasteiger partial charge in [0.1, 0.15) is 12.3 Å². The number of hydrogen-bond acceptors (Lipinski definition) is 3. The first kappa shape index (κ1) is 25.7. The van der Waals surface area contributed by atoms with Crippen LogP contribution >= 0.6 is 0 Å². The quantitative estimate of drug-likeness (QED) is 0.210. The van der Waals surface area contributed by atoms with Gasteiger partial charge >= 0.3 is 29.6 Å². The van der Waals surface area contributed by atoms with Crippen molar-refractivity contribution in [3.05, 3.63) is 0 Å². The van der Waals surface area contributed by atoms with Crippen LogP contribution in [-0.2, 0) is 10.1 Å². The van der Waals surface area contributed by atoms with E-state index in [-0.39, 0.29) is 42.4 Å². The second kappa shape index (κ2) is 12.8. The van der Waals surface area contributed by atoms with E-state index in [0.29, 0.717) is 12.8 Å². The van der Waals surface area contributed by atoms with Crippen molar-refractivity contribution in [3.8, 4) is 0 Å². The molecule has 0 aliphatic heterocycles. The van der Waals surface area contributed by atoms with Crippen molar-refractivity contribution in [1.29, 1.82) is 0 Å². The Morgan fingerprint density at radius 1 is 0.783 bits per heavy atom. The fourth-order valence-electron chi connectivity index (χ4n) is 1.81. The van der Waals surface area contributed by atoms with E-state index in [1.54, 1.807) is 0 Å². The zero-order valence-corrected chi connectivity index (χ0v) is 15.6. The van der Waals surface area contributed by atoms with Crippen LogP contribution in [0.1, 0.15) is 32.1 Å². The molecule has 0 N–H and O–H groups in total. The summed E-state index contributed by atoms with van der Waals surface area (Å²) in [5.74, 6) is -1.85. The fourth-order valence-corrected chi connectivity index (χ4v) is 2.38. The van der Waals surface area contributed by atoms with Crippen LogP contribution in [0.2, 0.25) is 0 Å². The molecule has 0 radical (unpaired) electrons. The van der Waals surface area contributed by atoms with Gasteiger partial charge in [0.15, 0.2) is 18.5 Å². The standard InChI is InChI=1S/C12H20F6O3S.Na/c13-6-4-2-1-3-5-8(14)10(16)12(18)11(17)9(15)7-22(19,20)21;/h8-12H,1-7H2,(H,19,20,21);/q;+1/p-1. The average Bonchev–Trinajstić information content (AvgIpc) is 2.42. The summed E-state index contributed by atoms with van der Waals surface area (Å²) in [5, 5.41) is 0. The third-order valence-corrected chi connectivity index (χ3v) is 3.75. The first-order chi connectivity index (χ1) is 10.1. The topological polar surface area (TPSA) is 57.2 Å². The van der Waals surface area contributed by atoms with E-state index >= 15 is 0 Å². The van der Waals surface area contributed by atoms with Crippen LogP contribution in [-0.4, -0.2) is 56.3 Å². The summed E-state index contributed by atoms with van der Waals surface area (Å²) in [6, 6.07) is 0. The zero-order valence-electron chi connectivity index (χ0n) is 12.7. The molecule has 0 aromatic carbocycles. The van der Waals surface area contributed by atoms with Crippen molar-refractivity contribution in [2.75, 3.05) is 12.4 Å². The Morgan fingerprint density at radius 2 is 1.26 bits per heavy atom. The van der Waals surface area contributed by atoms with Crippen LogP contribution in [0, 0.1) is 0 Å². The Kier molecular flexibility index (Phi) is 14.3. The van der Waals surface area contributed by atoms with Crippen molar-refractivity contribution in [2.45, 2.75) is 63.0 Å². The molecule has 0 spiro atoms. The molecule has 0 aromatic heterocycles. The van der Waals surface area contributed by atoms with Crippen molar-refractivity contribution in [3.63, 3.8) is 0 Å². The van der Waals surface area contributed by atoms with E-state index in [2.05, 4.69) is 0 Å². The zero-order chi connectivity index (χ0) is 17.3. The number of halogens is 6. The van der Waals surface area contributed by atoms with Gasteiger partial charge in [-0.2, -0.15) is 0 Å². The minimum Gasteiger partial charge on any atom is -0.748 e. The first-order valence-corrected chi connectivity index (χ1v) is 8.37. The maximum absolute atomic E-state index is 13.4. The van der Waals surface area contributed by atoms with Crippen LogP contribution in [0.5, 0.6) is 0 Å². The van der Waals surface area contributed by atoms with E-state index in [9.17, 15) is 39.3 Å². The minimum atomic E-state index is -5.15. The fraction of sp³-hybridized carbons (Fsp3) is 1.00. The van der Waals surface area contributed by atoms with Gasteiger partial charge < -0.3 is 4.55 Å². The number of rotatable bonds is 12. The van der Waals surface area contributed by atoms with E-state index in [4.69, 9.17) is 0 Å². The summed E-state index contributed by atoms with van der Waals surface area (Å²) >= 11 is 0. The largest absolute Gasteiger partial charge is 1.00 e. The van der Waals surface area contributed by atoms with E-state index in [1.807, 2.05) is 0 Å². The molecule has 0 aromatic rings. The van der Waals surface area contributed by atoms with Crippen molar-refractivity contribution >= 4 is 10.1 Å². The molecule has 5 atom stereocenters. The van der Waals surface area contributed by atoms with E-state index < -0.39 is 59.8 Å². The molecule has 0 amide bonds. The predicted molar refractivity (Wildman–Crippen MR) is 68.1 cm³/mol. The van der Waals surface area contributed by atoms with E-state index in [0.717, 1.165) is 0 Å². The molecule has 0 fully saturated rings. The molecule has 11 heteroatoms. The smallest absolute Gasteiger partial charge is 0.748 e. The summed E-state index contributed by atoms with van der Waals surface area (Å²) in [7, 11) is -5.15. The van der Waals surface area contributed by atoms with Gasteiger partial charge in [-0.15, -0.1) is 0 Å². The SMILES string of the molecule is O=S(=O)([O-])CC(F)C(F)C(F)C(F)C(F)CCCCCCF.[Na+]. The van der Waals surface area contributed by atoms with Gasteiger partial charge in [0, 0.05) is 0 Å². The average molecular weight is 380 g/mol. The summed E-state index contributed by atoms with van der Waals surface area (Å²) in [4.78, 5) is 0. The summed E-state index contributed by atoms with van der Waals surface area (Å²) in [6.45, 7) is -0.540. The van der Waals surface area contributed by atoms with Crippen molar-refractivity contribution in [1.82, 2.24) is 0 Å². The molecular weight excluding hydrogens is 361 g/mol. The molecule has 5 unspecified atom stereocenters. The number of hydrogen-bond donors (Lipinski definition) is 0. The maximum Gasteiger partial charge on any atom is 1.00 e. The molecule has 0 aliphatic rings. The summed E-state index contributed by atoms with van der Waals surface area (Å²) in [5.41, 5.74) is 0. The Morgan fingerprint density at radius 3 is 1.74 bits per heavy atom. The molecule has 0 heterocycles. The van der Waals surface area contributed by atoms with E-state index in [1.165, 1.54) is 0 Å². The Bertz CT molecular complexity index is 400. The molecule has 0 aliphatic carbocycles. The molecule has 134 valence electrons. The van der Waals surface area contributed by atoms with Gasteiger partial charge in [-0.25, -0.2) is 30.4 Å². The third-order valence-electron chi connectivity index (χ3n) is 3.03. The van der Waals surface area contributed by atoms with Crippen molar-refractivity contribution < 1.29 is 68.9 Å². The Labute approximate surface area is 154 Å². The van der Waals surface area contributed by atoms with Gasteiger partial charge in [-0.1, -0.05) is 19.3 Å². The maximum atomic E-state index is 13.4. The summed E-state index contributed by atoms with van der Waals surface area (Å²) in [6.07, 6.45) is -14.1. The van der Waals surface area contributed by atoms with Crippen LogP contribution in [0.25, 0.3) is 0 Å². The molecule has 0 saturated carbocycles. The second-order valence-electron chi connectivity index (χ2n) is 4.98. The monoisotopic (exact) mass is 380 g/mol.